The van der Waals surface area contributed by atoms with Crippen molar-refractivity contribution in [2.45, 2.75) is 12.5 Å². The molecule has 94 valence electrons. The topological polar surface area (TPSA) is 72.8 Å². The first-order valence-electron chi connectivity index (χ1n) is 5.40. The monoisotopic (exact) mass is 248 g/mol. The van der Waals surface area contributed by atoms with Crippen LogP contribution in [0.1, 0.15) is 5.56 Å². The third kappa shape index (κ3) is 2.20. The molecule has 0 radical (unpaired) electrons. The fourth-order valence-corrected chi connectivity index (χ4v) is 1.77. The van der Waals surface area contributed by atoms with Crippen LogP contribution in [0.5, 0.6) is 0 Å². The maximum Gasteiger partial charge on any atom is 0.349 e. The summed E-state index contributed by atoms with van der Waals surface area (Å²) in [4.78, 5) is 22.7. The highest BCUT2D eigenvalue weighted by molar-refractivity contribution is 6.15. The van der Waals surface area contributed by atoms with Crippen molar-refractivity contribution in [3.63, 3.8) is 0 Å². The van der Waals surface area contributed by atoms with Crippen LogP contribution in [0.2, 0.25) is 0 Å². The molecular formula is C13H12O5. The van der Waals surface area contributed by atoms with Crippen molar-refractivity contribution in [2.24, 2.45) is 0 Å². The number of carbonyl (C=O) groups is 2. The third-order valence-electron chi connectivity index (χ3n) is 2.67. The number of aliphatic hydroxyl groups excluding tert-OH is 1. The Balaban J connectivity index is 2.20. The van der Waals surface area contributed by atoms with Crippen LogP contribution in [-0.2, 0) is 25.5 Å². The zero-order valence-corrected chi connectivity index (χ0v) is 9.75. The quantitative estimate of drug-likeness (QED) is 0.641. The van der Waals surface area contributed by atoms with E-state index in [1.54, 1.807) is 0 Å². The van der Waals surface area contributed by atoms with E-state index in [-0.39, 0.29) is 5.76 Å². The summed E-state index contributed by atoms with van der Waals surface area (Å²) in [5.41, 5.74) is 0.478. The van der Waals surface area contributed by atoms with E-state index in [0.717, 1.165) is 12.7 Å². The second kappa shape index (κ2) is 4.91. The van der Waals surface area contributed by atoms with Gasteiger partial charge in [0, 0.05) is 6.42 Å². The minimum absolute atomic E-state index is 0.318. The predicted octanol–water partition coefficient (Wildman–Crippen LogP) is 1.14. The number of hydrogen-bond acceptors (Lipinski definition) is 5. The van der Waals surface area contributed by atoms with Gasteiger partial charge >= 0.3 is 11.9 Å². The van der Waals surface area contributed by atoms with E-state index in [1.807, 2.05) is 30.3 Å². The molecule has 18 heavy (non-hydrogen) atoms. The molecule has 0 saturated carbocycles. The third-order valence-corrected chi connectivity index (χ3v) is 2.67. The molecule has 1 aromatic rings. The van der Waals surface area contributed by atoms with Crippen LogP contribution in [0.4, 0.5) is 0 Å². The molecule has 5 nitrogen and oxygen atoms in total. The lowest BCUT2D eigenvalue weighted by molar-refractivity contribution is -0.145. The van der Waals surface area contributed by atoms with Crippen LogP contribution < -0.4 is 0 Å². The Morgan fingerprint density at radius 2 is 2.06 bits per heavy atom. The lowest BCUT2D eigenvalue weighted by Gasteiger charge is -2.09. The van der Waals surface area contributed by atoms with Gasteiger partial charge in [0.2, 0.25) is 0 Å². The molecule has 1 unspecified atom stereocenters. The largest absolute Gasteiger partial charge is 0.507 e. The van der Waals surface area contributed by atoms with Crippen molar-refractivity contribution >= 4 is 11.9 Å². The Morgan fingerprint density at radius 1 is 1.39 bits per heavy atom. The van der Waals surface area contributed by atoms with Crippen molar-refractivity contribution in [3.05, 3.63) is 47.2 Å². The summed E-state index contributed by atoms with van der Waals surface area (Å²) in [6.45, 7) is 0. The van der Waals surface area contributed by atoms with E-state index in [0.29, 0.717) is 6.42 Å². The second-order valence-corrected chi connectivity index (χ2v) is 3.84. The number of cyclic esters (lactones) is 1. The molecule has 0 aliphatic carbocycles. The van der Waals surface area contributed by atoms with Crippen molar-refractivity contribution in [1.82, 2.24) is 0 Å². The molecule has 0 fully saturated rings. The van der Waals surface area contributed by atoms with Crippen LogP contribution in [-0.4, -0.2) is 30.3 Å². The SMILES string of the molecule is COC(=O)C1=C(O)C(Cc2ccccc2)OC1=O. The zero-order valence-electron chi connectivity index (χ0n) is 9.75. The van der Waals surface area contributed by atoms with Crippen molar-refractivity contribution in [3.8, 4) is 0 Å². The summed E-state index contributed by atoms with van der Waals surface area (Å²) in [6.07, 6.45) is -0.507. The molecule has 5 heteroatoms. The van der Waals surface area contributed by atoms with Gasteiger partial charge in [-0.05, 0) is 5.56 Å². The Bertz CT molecular complexity index is 503. The summed E-state index contributed by atoms with van der Waals surface area (Å²) in [5.74, 6) is -2.09. The van der Waals surface area contributed by atoms with Crippen LogP contribution in [0.3, 0.4) is 0 Å². The molecule has 0 aromatic heterocycles. The number of ether oxygens (including phenoxy) is 2. The summed E-state index contributed by atoms with van der Waals surface area (Å²) >= 11 is 0. The Labute approximate surface area is 104 Å². The van der Waals surface area contributed by atoms with Crippen LogP contribution in [0.15, 0.2) is 41.7 Å². The first-order valence-corrected chi connectivity index (χ1v) is 5.40. The summed E-state index contributed by atoms with van der Waals surface area (Å²) in [6, 6.07) is 9.23. The molecule has 1 N–H and O–H groups in total. The lowest BCUT2D eigenvalue weighted by Crippen LogP contribution is -2.14. The molecule has 0 saturated heterocycles. The van der Waals surface area contributed by atoms with Crippen molar-refractivity contribution < 1.29 is 24.2 Å². The molecule has 2 rings (SSSR count). The number of methoxy groups -OCH3 is 1. The summed E-state index contributed by atoms with van der Waals surface area (Å²) in [5, 5.41) is 9.81. The van der Waals surface area contributed by atoms with E-state index in [1.165, 1.54) is 0 Å². The first kappa shape index (κ1) is 12.2. The molecular weight excluding hydrogens is 236 g/mol. The van der Waals surface area contributed by atoms with Crippen LogP contribution in [0, 0.1) is 0 Å². The average Bonchev–Trinajstić information content (AvgIpc) is 2.65. The highest BCUT2D eigenvalue weighted by Crippen LogP contribution is 2.24. The van der Waals surface area contributed by atoms with Gasteiger partial charge in [-0.3, -0.25) is 0 Å². The van der Waals surface area contributed by atoms with Gasteiger partial charge in [0.25, 0.3) is 0 Å². The molecule has 0 spiro atoms. The number of benzene rings is 1. The van der Waals surface area contributed by atoms with E-state index in [9.17, 15) is 14.7 Å². The lowest BCUT2D eigenvalue weighted by atomic mass is 10.1. The number of rotatable bonds is 3. The van der Waals surface area contributed by atoms with Gasteiger partial charge in [-0.2, -0.15) is 0 Å². The minimum Gasteiger partial charge on any atom is -0.507 e. The Kier molecular flexibility index (Phi) is 3.32. The highest BCUT2D eigenvalue weighted by Gasteiger charge is 2.39. The van der Waals surface area contributed by atoms with Crippen molar-refractivity contribution in [2.75, 3.05) is 7.11 Å². The van der Waals surface area contributed by atoms with Gasteiger partial charge in [0.05, 0.1) is 7.11 Å². The fraction of sp³-hybridized carbons (Fsp3) is 0.231. The number of esters is 2. The molecule has 0 bridgehead atoms. The minimum atomic E-state index is -0.881. The molecule has 1 aromatic carbocycles. The van der Waals surface area contributed by atoms with Gasteiger partial charge in [-0.25, -0.2) is 9.59 Å². The van der Waals surface area contributed by atoms with Gasteiger partial charge in [-0.1, -0.05) is 30.3 Å². The van der Waals surface area contributed by atoms with E-state index >= 15 is 0 Å². The Hall–Kier alpha value is -2.30. The van der Waals surface area contributed by atoms with Gasteiger partial charge < -0.3 is 14.6 Å². The van der Waals surface area contributed by atoms with Crippen LogP contribution >= 0.6 is 0 Å². The molecule has 1 heterocycles. The van der Waals surface area contributed by atoms with E-state index < -0.39 is 23.6 Å². The molecule has 1 aliphatic rings. The van der Waals surface area contributed by atoms with E-state index in [2.05, 4.69) is 4.74 Å². The van der Waals surface area contributed by atoms with Gasteiger partial charge in [-0.15, -0.1) is 0 Å². The fourth-order valence-electron chi connectivity index (χ4n) is 1.77. The number of hydrogen-bond donors (Lipinski definition) is 1. The second-order valence-electron chi connectivity index (χ2n) is 3.84. The van der Waals surface area contributed by atoms with Crippen LogP contribution in [0.25, 0.3) is 0 Å². The predicted molar refractivity (Wildman–Crippen MR) is 61.7 cm³/mol. The van der Waals surface area contributed by atoms with E-state index in [4.69, 9.17) is 4.74 Å². The summed E-state index contributed by atoms with van der Waals surface area (Å²) < 4.78 is 9.37. The molecule has 1 atom stereocenters. The average molecular weight is 248 g/mol. The Morgan fingerprint density at radius 3 is 2.67 bits per heavy atom. The standard InChI is InChI=1S/C13H12O5/c1-17-12(15)10-11(14)9(18-13(10)16)7-8-5-3-2-4-6-8/h2-6,9,14H,7H2,1H3. The maximum absolute atomic E-state index is 11.4. The summed E-state index contributed by atoms with van der Waals surface area (Å²) in [7, 11) is 1.14. The first-order chi connectivity index (χ1) is 8.63. The normalized spacial score (nSPS) is 18.7. The smallest absolute Gasteiger partial charge is 0.349 e. The van der Waals surface area contributed by atoms with Gasteiger partial charge in [0.1, 0.15) is 0 Å². The maximum atomic E-state index is 11.4. The zero-order chi connectivity index (χ0) is 13.1. The molecule has 1 aliphatic heterocycles. The van der Waals surface area contributed by atoms with Gasteiger partial charge in [0.15, 0.2) is 17.4 Å². The van der Waals surface area contributed by atoms with Crippen molar-refractivity contribution in [1.29, 1.82) is 0 Å². The number of carbonyl (C=O) groups excluding carboxylic acids is 2. The number of aliphatic hydroxyl groups is 1. The highest BCUT2D eigenvalue weighted by atomic mass is 16.6. The molecule has 0 amide bonds.